The second-order valence-corrected chi connectivity index (χ2v) is 8.16. The summed E-state index contributed by atoms with van der Waals surface area (Å²) in [5, 5.41) is 0. The van der Waals surface area contributed by atoms with E-state index in [-0.39, 0.29) is 35.3 Å². The summed E-state index contributed by atoms with van der Waals surface area (Å²) < 4.78 is 0. The summed E-state index contributed by atoms with van der Waals surface area (Å²) in [6, 6.07) is 14.3. The third-order valence-corrected chi connectivity index (χ3v) is 5.74. The molecule has 4 nitrogen and oxygen atoms in total. The molecule has 0 unspecified atom stereocenters. The Kier molecular flexibility index (Phi) is 13.1. The Labute approximate surface area is 206 Å². The molecule has 2 aromatic rings. The Bertz CT molecular complexity index is 808. The van der Waals surface area contributed by atoms with Crippen LogP contribution in [-0.2, 0) is 22.5 Å². The van der Waals surface area contributed by atoms with Gasteiger partial charge in [0.25, 0.3) is 0 Å². The fourth-order valence-electron chi connectivity index (χ4n) is 3.14. The summed E-state index contributed by atoms with van der Waals surface area (Å²) in [7, 11) is 0. The zero-order valence-electron chi connectivity index (χ0n) is 17.5. The van der Waals surface area contributed by atoms with E-state index in [4.69, 9.17) is 9.78 Å². The van der Waals surface area contributed by atoms with Gasteiger partial charge < -0.3 is 0 Å². The number of hydrogen-bond acceptors (Lipinski definition) is 5. The normalized spacial score (nSPS) is 10.2. The van der Waals surface area contributed by atoms with E-state index in [1.54, 1.807) is 17.8 Å². The van der Waals surface area contributed by atoms with Gasteiger partial charge in [-0.05, 0) is 56.1 Å². The van der Waals surface area contributed by atoms with Crippen LogP contribution in [0.4, 0.5) is 0 Å². The SMILES string of the molecule is CCCc1c(SCCCCCc2ccccc2)ccc(C(C)=O)c1OOC(C)=O.[NaH]. The van der Waals surface area contributed by atoms with Crippen LogP contribution in [0.25, 0.3) is 0 Å². The van der Waals surface area contributed by atoms with Crippen LogP contribution in [0.1, 0.15) is 67.9 Å². The fourth-order valence-corrected chi connectivity index (χ4v) is 4.24. The van der Waals surface area contributed by atoms with E-state index in [0.717, 1.165) is 41.9 Å². The van der Waals surface area contributed by atoms with E-state index < -0.39 is 5.97 Å². The molecule has 30 heavy (non-hydrogen) atoms. The number of ketones is 1. The van der Waals surface area contributed by atoms with Gasteiger partial charge in [-0.25, -0.2) is 4.79 Å². The summed E-state index contributed by atoms with van der Waals surface area (Å²) in [4.78, 5) is 34.3. The minimum absolute atomic E-state index is 0. The number of unbranched alkanes of at least 4 members (excludes halogenated alkanes) is 2. The van der Waals surface area contributed by atoms with Crippen LogP contribution in [0.15, 0.2) is 47.4 Å². The molecule has 0 fully saturated rings. The van der Waals surface area contributed by atoms with Crippen molar-refractivity contribution >= 4 is 53.1 Å². The molecule has 0 heterocycles. The van der Waals surface area contributed by atoms with Crippen LogP contribution in [0.5, 0.6) is 5.75 Å². The minimum atomic E-state index is -0.543. The Morgan fingerprint density at radius 2 is 1.67 bits per heavy atom. The number of benzene rings is 2. The molecule has 0 saturated heterocycles. The van der Waals surface area contributed by atoms with Crippen molar-refractivity contribution in [3.8, 4) is 5.75 Å². The maximum atomic E-state index is 12.0. The molecule has 158 valence electrons. The van der Waals surface area contributed by atoms with Crippen LogP contribution in [0.2, 0.25) is 0 Å². The molecule has 0 aliphatic rings. The summed E-state index contributed by atoms with van der Waals surface area (Å²) in [5.74, 6) is 0.724. The summed E-state index contributed by atoms with van der Waals surface area (Å²) in [6.07, 6.45) is 6.25. The molecular formula is C24H31NaO4S. The molecule has 0 spiro atoms. The molecule has 0 aromatic heterocycles. The number of thioether (sulfide) groups is 1. The standard InChI is InChI=1S/C24H30O4S.Na.H/c1-4-11-22-23(16-15-21(18(2)25)24(22)28-27-19(3)26)29-17-10-6-9-14-20-12-7-5-8-13-20;;/h5,7-8,12-13,15-16H,4,6,9-11,14,17H2,1-3H3;;. The first kappa shape index (κ1) is 26.8. The van der Waals surface area contributed by atoms with E-state index in [1.165, 1.54) is 32.3 Å². The zero-order chi connectivity index (χ0) is 21.1. The predicted molar refractivity (Wildman–Crippen MR) is 125 cm³/mol. The first-order valence-electron chi connectivity index (χ1n) is 10.2. The average Bonchev–Trinajstić information content (AvgIpc) is 2.70. The first-order chi connectivity index (χ1) is 14.0. The van der Waals surface area contributed by atoms with Gasteiger partial charge in [-0.1, -0.05) is 50.1 Å². The second kappa shape index (κ2) is 14.7. The Balaban J connectivity index is 0.00000450. The van der Waals surface area contributed by atoms with Gasteiger partial charge in [-0.2, -0.15) is 0 Å². The first-order valence-corrected chi connectivity index (χ1v) is 11.2. The Hall–Kier alpha value is -1.27. The number of Topliss-reactive ketones (excluding diaryl/α,β-unsaturated/α-hetero) is 1. The maximum absolute atomic E-state index is 12.0. The molecule has 6 heteroatoms. The molecular weight excluding hydrogens is 407 g/mol. The van der Waals surface area contributed by atoms with Crippen LogP contribution >= 0.6 is 11.8 Å². The van der Waals surface area contributed by atoms with Crippen LogP contribution in [0, 0.1) is 0 Å². The molecule has 2 rings (SSSR count). The van der Waals surface area contributed by atoms with Gasteiger partial charge >= 0.3 is 35.5 Å². The number of carbonyl (C=O) groups excluding carboxylic acids is 2. The molecule has 0 bridgehead atoms. The Morgan fingerprint density at radius 1 is 0.933 bits per heavy atom. The van der Waals surface area contributed by atoms with Crippen LogP contribution in [-0.4, -0.2) is 47.1 Å². The number of hydrogen-bond donors (Lipinski definition) is 0. The molecule has 2 aromatic carbocycles. The summed E-state index contributed by atoms with van der Waals surface area (Å²) in [6.45, 7) is 4.85. The second-order valence-electron chi connectivity index (χ2n) is 7.03. The van der Waals surface area contributed by atoms with Crippen molar-refractivity contribution < 1.29 is 19.4 Å². The van der Waals surface area contributed by atoms with Crippen molar-refractivity contribution in [2.45, 2.75) is 64.2 Å². The van der Waals surface area contributed by atoms with Gasteiger partial charge in [0.2, 0.25) is 0 Å². The summed E-state index contributed by atoms with van der Waals surface area (Å²) >= 11 is 1.77. The molecule has 0 aliphatic carbocycles. The van der Waals surface area contributed by atoms with E-state index >= 15 is 0 Å². The quantitative estimate of drug-likeness (QED) is 0.109. The molecule has 0 radical (unpaired) electrons. The third-order valence-electron chi connectivity index (χ3n) is 4.55. The van der Waals surface area contributed by atoms with Crippen molar-refractivity contribution in [3.05, 3.63) is 59.2 Å². The van der Waals surface area contributed by atoms with Crippen LogP contribution in [0.3, 0.4) is 0 Å². The average molecular weight is 439 g/mol. The van der Waals surface area contributed by atoms with Crippen molar-refractivity contribution in [1.29, 1.82) is 0 Å². The molecule has 0 aliphatic heterocycles. The Morgan fingerprint density at radius 3 is 2.30 bits per heavy atom. The van der Waals surface area contributed by atoms with E-state index in [2.05, 4.69) is 31.2 Å². The van der Waals surface area contributed by atoms with E-state index in [1.807, 2.05) is 12.1 Å². The van der Waals surface area contributed by atoms with E-state index in [9.17, 15) is 9.59 Å². The monoisotopic (exact) mass is 438 g/mol. The van der Waals surface area contributed by atoms with Gasteiger partial charge in [-0.3, -0.25) is 14.6 Å². The molecule has 0 amide bonds. The van der Waals surface area contributed by atoms with E-state index in [0.29, 0.717) is 11.3 Å². The number of aryl methyl sites for hydroxylation is 1. The topological polar surface area (TPSA) is 52.6 Å². The third kappa shape index (κ3) is 8.84. The molecule has 0 N–H and O–H groups in total. The number of carbonyl (C=O) groups is 2. The predicted octanol–water partition coefficient (Wildman–Crippen LogP) is 5.56. The van der Waals surface area contributed by atoms with Crippen molar-refractivity contribution in [2.24, 2.45) is 0 Å². The van der Waals surface area contributed by atoms with Crippen molar-refractivity contribution in [1.82, 2.24) is 0 Å². The van der Waals surface area contributed by atoms with Gasteiger partial charge in [-0.15, -0.1) is 11.8 Å². The zero-order valence-corrected chi connectivity index (χ0v) is 18.3. The number of rotatable bonds is 12. The van der Waals surface area contributed by atoms with Gasteiger partial charge in [0, 0.05) is 17.4 Å². The van der Waals surface area contributed by atoms with Crippen LogP contribution < -0.4 is 4.89 Å². The van der Waals surface area contributed by atoms with Gasteiger partial charge in [0.15, 0.2) is 11.5 Å². The molecule has 0 saturated carbocycles. The van der Waals surface area contributed by atoms with Gasteiger partial charge in [0.05, 0.1) is 5.56 Å². The fraction of sp³-hybridized carbons (Fsp3) is 0.417. The molecule has 0 atom stereocenters. The van der Waals surface area contributed by atoms with Gasteiger partial charge in [0.1, 0.15) is 0 Å². The van der Waals surface area contributed by atoms with Crippen molar-refractivity contribution in [3.63, 3.8) is 0 Å². The van der Waals surface area contributed by atoms with Crippen molar-refractivity contribution in [2.75, 3.05) is 5.75 Å². The summed E-state index contributed by atoms with van der Waals surface area (Å²) in [5.41, 5.74) is 2.77.